The molecule has 0 saturated carbocycles. The summed E-state index contributed by atoms with van der Waals surface area (Å²) in [6.07, 6.45) is -1.39. The van der Waals surface area contributed by atoms with E-state index in [0.717, 1.165) is 12.6 Å². The fraction of sp³-hybridized carbons (Fsp3) is 0.389. The lowest BCUT2D eigenvalue weighted by molar-refractivity contribution is -0.141. The summed E-state index contributed by atoms with van der Waals surface area (Å²) in [7, 11) is 0. The second-order valence-electron chi connectivity index (χ2n) is 6.74. The lowest BCUT2D eigenvalue weighted by atomic mass is 9.98. The van der Waals surface area contributed by atoms with Crippen LogP contribution in [-0.2, 0) is 6.18 Å². The summed E-state index contributed by atoms with van der Waals surface area (Å²) in [6, 6.07) is 3.95. The minimum Gasteiger partial charge on any atom is -0.471 e. The lowest BCUT2D eigenvalue weighted by Gasteiger charge is -2.25. The maximum absolute atomic E-state index is 13.8. The Balaban J connectivity index is 1.51. The molecular weight excluding hydrogens is 446 g/mol. The number of carbonyl (C=O) groups is 1. The Morgan fingerprint density at radius 2 is 2.00 bits per heavy atom. The van der Waals surface area contributed by atoms with Crippen molar-refractivity contribution in [2.75, 3.05) is 0 Å². The Bertz CT molecular complexity index is 907. The highest BCUT2D eigenvalue weighted by atomic mass is 79.9. The third-order valence-corrected chi connectivity index (χ3v) is 5.89. The number of rotatable bonds is 3. The van der Waals surface area contributed by atoms with Gasteiger partial charge in [-0.1, -0.05) is 6.07 Å². The van der Waals surface area contributed by atoms with Gasteiger partial charge in [0.2, 0.25) is 5.88 Å². The van der Waals surface area contributed by atoms with Crippen molar-refractivity contribution in [2.45, 2.75) is 43.6 Å². The van der Waals surface area contributed by atoms with Gasteiger partial charge in [0.25, 0.3) is 5.91 Å². The van der Waals surface area contributed by atoms with Gasteiger partial charge in [0, 0.05) is 12.5 Å². The quantitative estimate of drug-likeness (QED) is 0.644. The summed E-state index contributed by atoms with van der Waals surface area (Å²) in [5, 5.41) is 0. The Kier molecular flexibility index (Phi) is 4.76. The number of hydrogen-bond donors (Lipinski definition) is 0. The summed E-state index contributed by atoms with van der Waals surface area (Å²) < 4.78 is 57.4. The molecule has 2 fully saturated rings. The van der Waals surface area contributed by atoms with E-state index in [0.29, 0.717) is 19.0 Å². The Labute approximate surface area is 165 Å². The molecule has 2 bridgehead atoms. The van der Waals surface area contributed by atoms with E-state index in [1.807, 2.05) is 0 Å². The van der Waals surface area contributed by atoms with E-state index < -0.39 is 23.8 Å². The molecular formula is C18H14BrF4N3O2. The van der Waals surface area contributed by atoms with E-state index in [2.05, 4.69) is 25.9 Å². The first-order valence-corrected chi connectivity index (χ1v) is 9.37. The van der Waals surface area contributed by atoms with Gasteiger partial charge in [-0.25, -0.2) is 14.4 Å². The monoisotopic (exact) mass is 459 g/mol. The highest BCUT2D eigenvalue weighted by Crippen LogP contribution is 2.41. The van der Waals surface area contributed by atoms with Crippen molar-refractivity contribution >= 4 is 21.8 Å². The topological polar surface area (TPSA) is 55.3 Å². The fourth-order valence-electron chi connectivity index (χ4n) is 3.86. The van der Waals surface area contributed by atoms with Crippen molar-refractivity contribution in [1.29, 1.82) is 0 Å². The maximum Gasteiger partial charge on any atom is 0.434 e. The molecule has 3 atom stereocenters. The average Bonchev–Trinajstić information content (AvgIpc) is 3.21. The van der Waals surface area contributed by atoms with Crippen LogP contribution in [0.2, 0.25) is 0 Å². The molecule has 2 aromatic rings. The SMILES string of the molecule is O=C(c1cccc(F)c1Br)N1C2CCC1C(Oc1cnc(C(F)(F)F)cn1)C2. The fourth-order valence-corrected chi connectivity index (χ4v) is 4.30. The molecule has 3 unspecified atom stereocenters. The molecule has 5 nitrogen and oxygen atoms in total. The second-order valence-corrected chi connectivity index (χ2v) is 7.53. The minimum absolute atomic E-state index is 0.0233. The summed E-state index contributed by atoms with van der Waals surface area (Å²) in [6.45, 7) is 0. The normalized spacial score (nSPS) is 23.9. The number of carbonyl (C=O) groups excluding carboxylic acids is 1. The molecule has 0 N–H and O–H groups in total. The van der Waals surface area contributed by atoms with E-state index in [-0.39, 0.29) is 33.9 Å². The average molecular weight is 460 g/mol. The molecule has 1 amide bonds. The van der Waals surface area contributed by atoms with Crippen LogP contribution in [0, 0.1) is 5.82 Å². The maximum atomic E-state index is 13.8. The van der Waals surface area contributed by atoms with E-state index in [9.17, 15) is 22.4 Å². The van der Waals surface area contributed by atoms with Crippen molar-refractivity contribution in [3.8, 4) is 5.88 Å². The molecule has 1 aromatic heterocycles. The van der Waals surface area contributed by atoms with Crippen LogP contribution in [0.1, 0.15) is 35.3 Å². The Morgan fingerprint density at radius 1 is 1.21 bits per heavy atom. The molecule has 0 spiro atoms. The molecule has 2 saturated heterocycles. The second kappa shape index (κ2) is 6.98. The largest absolute Gasteiger partial charge is 0.471 e. The van der Waals surface area contributed by atoms with Crippen molar-refractivity contribution < 1.29 is 27.1 Å². The molecule has 0 aliphatic carbocycles. The zero-order valence-corrected chi connectivity index (χ0v) is 15.9. The number of benzene rings is 1. The van der Waals surface area contributed by atoms with Crippen LogP contribution >= 0.6 is 15.9 Å². The number of fused-ring (bicyclic) bond motifs is 2. The van der Waals surface area contributed by atoms with Gasteiger partial charge in [-0.15, -0.1) is 0 Å². The molecule has 3 heterocycles. The van der Waals surface area contributed by atoms with Gasteiger partial charge < -0.3 is 9.64 Å². The number of ether oxygens (including phenoxy) is 1. The summed E-state index contributed by atoms with van der Waals surface area (Å²) in [5.41, 5.74) is -0.868. The lowest BCUT2D eigenvalue weighted by Crippen LogP contribution is -2.39. The molecule has 1 aromatic carbocycles. The third kappa shape index (κ3) is 3.34. The first-order valence-electron chi connectivity index (χ1n) is 8.58. The molecule has 10 heteroatoms. The molecule has 148 valence electrons. The van der Waals surface area contributed by atoms with Crippen LogP contribution in [0.4, 0.5) is 17.6 Å². The van der Waals surface area contributed by atoms with Gasteiger partial charge in [0.05, 0.1) is 28.5 Å². The van der Waals surface area contributed by atoms with Crippen molar-refractivity contribution in [3.63, 3.8) is 0 Å². The van der Waals surface area contributed by atoms with Crippen molar-refractivity contribution in [1.82, 2.24) is 14.9 Å². The van der Waals surface area contributed by atoms with Gasteiger partial charge >= 0.3 is 6.18 Å². The van der Waals surface area contributed by atoms with E-state index in [4.69, 9.17) is 4.74 Å². The van der Waals surface area contributed by atoms with E-state index >= 15 is 0 Å². The number of alkyl halides is 3. The predicted molar refractivity (Wildman–Crippen MR) is 93.1 cm³/mol. The number of aromatic nitrogens is 2. The zero-order valence-electron chi connectivity index (χ0n) is 14.3. The zero-order chi connectivity index (χ0) is 20.1. The molecule has 4 rings (SSSR count). The van der Waals surface area contributed by atoms with Gasteiger partial charge in [0.15, 0.2) is 5.69 Å². The van der Waals surface area contributed by atoms with Crippen LogP contribution in [0.25, 0.3) is 0 Å². The molecule has 2 aliphatic rings. The summed E-state index contributed by atoms with van der Waals surface area (Å²) >= 11 is 3.12. The van der Waals surface area contributed by atoms with Crippen LogP contribution in [0.5, 0.6) is 5.88 Å². The first-order chi connectivity index (χ1) is 13.3. The van der Waals surface area contributed by atoms with Gasteiger partial charge in [0.1, 0.15) is 11.9 Å². The minimum atomic E-state index is -4.57. The highest BCUT2D eigenvalue weighted by Gasteiger charge is 2.50. The smallest absolute Gasteiger partial charge is 0.434 e. The van der Waals surface area contributed by atoms with E-state index in [1.54, 1.807) is 11.0 Å². The highest BCUT2D eigenvalue weighted by molar-refractivity contribution is 9.10. The van der Waals surface area contributed by atoms with Crippen molar-refractivity contribution in [3.05, 3.63) is 52.1 Å². The Hall–Kier alpha value is -2.23. The number of halogens is 5. The first kappa shape index (κ1) is 19.1. The number of hydrogen-bond acceptors (Lipinski definition) is 4. The third-order valence-electron chi connectivity index (χ3n) is 5.09. The van der Waals surface area contributed by atoms with Gasteiger partial charge in [-0.3, -0.25) is 4.79 Å². The molecule has 28 heavy (non-hydrogen) atoms. The van der Waals surface area contributed by atoms with Crippen LogP contribution in [-0.4, -0.2) is 39.0 Å². The van der Waals surface area contributed by atoms with Crippen LogP contribution < -0.4 is 4.74 Å². The van der Waals surface area contributed by atoms with E-state index in [1.165, 1.54) is 12.1 Å². The summed E-state index contributed by atoms with van der Waals surface area (Å²) in [5.74, 6) is -0.849. The van der Waals surface area contributed by atoms with Gasteiger partial charge in [-0.2, -0.15) is 13.2 Å². The molecule has 2 aliphatic heterocycles. The van der Waals surface area contributed by atoms with Crippen LogP contribution in [0.3, 0.4) is 0 Å². The van der Waals surface area contributed by atoms with Crippen LogP contribution in [0.15, 0.2) is 35.1 Å². The Morgan fingerprint density at radius 3 is 2.68 bits per heavy atom. The summed E-state index contributed by atoms with van der Waals surface area (Å²) in [4.78, 5) is 21.7. The standard InChI is InChI=1S/C18H14BrF4N3O2/c19-16-10(2-1-3-11(16)20)17(27)26-9-4-5-12(26)13(6-9)28-15-8-24-14(7-25-15)18(21,22)23/h1-3,7-9,12-13H,4-6H2. The predicted octanol–water partition coefficient (Wildman–Crippen LogP) is 4.22. The number of amides is 1. The van der Waals surface area contributed by atoms with Gasteiger partial charge in [-0.05, 0) is 40.9 Å². The number of nitrogens with zero attached hydrogens (tertiary/aromatic N) is 3. The molecule has 0 radical (unpaired) electrons. The van der Waals surface area contributed by atoms with Crippen molar-refractivity contribution in [2.24, 2.45) is 0 Å².